The lowest BCUT2D eigenvalue weighted by molar-refractivity contribution is 0.0950. The van der Waals surface area contributed by atoms with Gasteiger partial charge in [0, 0.05) is 5.56 Å². The number of hydrogen-bond donors (Lipinski definition) is 1. The number of nitrogens with zero attached hydrogens (tertiary/aromatic N) is 2. The Labute approximate surface area is 123 Å². The molecule has 0 saturated carbocycles. The molecule has 0 saturated heterocycles. The number of rotatable bonds is 3. The Kier molecular flexibility index (Phi) is 4.18. The minimum absolute atomic E-state index is 0.0281. The quantitative estimate of drug-likeness (QED) is 0.945. The van der Waals surface area contributed by atoms with Crippen molar-refractivity contribution < 1.29 is 4.79 Å². The van der Waals surface area contributed by atoms with Crippen LogP contribution in [0.3, 0.4) is 0 Å². The number of aromatic nitrogens is 2. The lowest BCUT2D eigenvalue weighted by atomic mass is 9.94. The molecule has 0 atom stereocenters. The zero-order valence-electron chi connectivity index (χ0n) is 12.5. The van der Waals surface area contributed by atoms with Crippen molar-refractivity contribution in [3.8, 4) is 0 Å². The van der Waals surface area contributed by atoms with E-state index in [1.165, 1.54) is 11.5 Å². The molecule has 0 radical (unpaired) electrons. The molecule has 2 aromatic rings. The Bertz CT molecular complexity index is 635. The highest BCUT2D eigenvalue weighted by Gasteiger charge is 2.16. The fourth-order valence-corrected chi connectivity index (χ4v) is 2.79. The molecule has 0 spiro atoms. The summed E-state index contributed by atoms with van der Waals surface area (Å²) in [6.07, 6.45) is 0. The molecule has 1 aromatic carbocycles. The van der Waals surface area contributed by atoms with Crippen LogP contribution in [0.5, 0.6) is 0 Å². The molecule has 1 N–H and O–H groups in total. The fourth-order valence-electron chi connectivity index (χ4n) is 2.22. The van der Waals surface area contributed by atoms with Crippen molar-refractivity contribution >= 4 is 17.4 Å². The van der Waals surface area contributed by atoms with Crippen LogP contribution in [0.4, 0.5) is 0 Å². The van der Waals surface area contributed by atoms with Gasteiger partial charge in [-0.25, -0.2) is 0 Å². The lowest BCUT2D eigenvalue weighted by Gasteiger charge is -2.14. The maximum absolute atomic E-state index is 12.4. The first-order valence-electron chi connectivity index (χ1n) is 6.55. The van der Waals surface area contributed by atoms with Gasteiger partial charge < -0.3 is 5.32 Å². The lowest BCUT2D eigenvalue weighted by Crippen LogP contribution is -2.25. The molecule has 1 aromatic heterocycles. The van der Waals surface area contributed by atoms with E-state index in [0.717, 1.165) is 38.4 Å². The van der Waals surface area contributed by atoms with E-state index in [9.17, 15) is 4.79 Å². The Hall–Kier alpha value is -1.75. The van der Waals surface area contributed by atoms with Crippen LogP contribution in [0.2, 0.25) is 0 Å². The molecule has 0 aliphatic heterocycles. The van der Waals surface area contributed by atoms with Crippen LogP contribution in [-0.2, 0) is 6.54 Å². The van der Waals surface area contributed by atoms with Gasteiger partial charge in [0.1, 0.15) is 0 Å². The van der Waals surface area contributed by atoms with Crippen molar-refractivity contribution in [2.45, 2.75) is 41.2 Å². The number of hydrogen-bond acceptors (Lipinski definition) is 4. The van der Waals surface area contributed by atoms with Gasteiger partial charge in [-0.1, -0.05) is 10.6 Å². The van der Waals surface area contributed by atoms with Crippen molar-refractivity contribution in [3.63, 3.8) is 0 Å². The van der Waals surface area contributed by atoms with Crippen LogP contribution in [0.15, 0.2) is 6.07 Å². The van der Waals surface area contributed by atoms with E-state index in [2.05, 4.69) is 21.0 Å². The van der Waals surface area contributed by atoms with Crippen LogP contribution in [0, 0.1) is 34.6 Å². The number of carbonyl (C=O) groups excluding carboxylic acids is 1. The van der Waals surface area contributed by atoms with E-state index in [-0.39, 0.29) is 5.91 Å². The molecule has 20 heavy (non-hydrogen) atoms. The first-order valence-corrected chi connectivity index (χ1v) is 7.32. The molecule has 1 heterocycles. The minimum atomic E-state index is -0.0281. The van der Waals surface area contributed by atoms with Crippen LogP contribution >= 0.6 is 11.5 Å². The molecule has 1 amide bonds. The molecular formula is C15H19N3OS. The first-order chi connectivity index (χ1) is 9.41. The van der Waals surface area contributed by atoms with E-state index >= 15 is 0 Å². The monoisotopic (exact) mass is 289 g/mol. The van der Waals surface area contributed by atoms with E-state index in [0.29, 0.717) is 6.54 Å². The topological polar surface area (TPSA) is 54.9 Å². The number of aryl methyl sites for hydroxylation is 3. The van der Waals surface area contributed by atoms with Crippen LogP contribution in [0.25, 0.3) is 0 Å². The summed E-state index contributed by atoms with van der Waals surface area (Å²) < 4.78 is 3.88. The molecule has 0 aliphatic rings. The zero-order chi connectivity index (χ0) is 14.9. The van der Waals surface area contributed by atoms with Gasteiger partial charge in [-0.15, -0.1) is 5.10 Å². The molecule has 0 fully saturated rings. The van der Waals surface area contributed by atoms with E-state index in [4.69, 9.17) is 0 Å². The standard InChI is InChI=1S/C15H19N3OS/c1-8-6-9(2)11(4)14(10(8)3)15(19)16-7-13-12(5)17-18-20-13/h6H,7H2,1-5H3,(H,16,19). The summed E-state index contributed by atoms with van der Waals surface area (Å²) >= 11 is 1.33. The zero-order valence-corrected chi connectivity index (χ0v) is 13.3. The van der Waals surface area contributed by atoms with Crippen molar-refractivity contribution in [2.75, 3.05) is 0 Å². The Balaban J connectivity index is 2.24. The predicted molar refractivity (Wildman–Crippen MR) is 81.2 cm³/mol. The summed E-state index contributed by atoms with van der Waals surface area (Å²) in [5.41, 5.74) is 6.05. The van der Waals surface area contributed by atoms with Gasteiger partial charge in [0.2, 0.25) is 0 Å². The molecule has 0 bridgehead atoms. The highest BCUT2D eigenvalue weighted by molar-refractivity contribution is 7.05. The minimum Gasteiger partial charge on any atom is -0.347 e. The molecule has 0 aliphatic carbocycles. The van der Waals surface area contributed by atoms with Crippen molar-refractivity contribution in [2.24, 2.45) is 0 Å². The second-order valence-corrected chi connectivity index (χ2v) is 5.94. The maximum atomic E-state index is 12.4. The highest BCUT2D eigenvalue weighted by Crippen LogP contribution is 2.21. The van der Waals surface area contributed by atoms with Gasteiger partial charge in [0.15, 0.2) is 0 Å². The van der Waals surface area contributed by atoms with Crippen LogP contribution in [0.1, 0.15) is 43.2 Å². The Morgan fingerprint density at radius 2 is 1.75 bits per heavy atom. The molecule has 0 unspecified atom stereocenters. The number of amides is 1. The maximum Gasteiger partial charge on any atom is 0.252 e. The smallest absolute Gasteiger partial charge is 0.252 e. The third kappa shape index (κ3) is 2.72. The average Bonchev–Trinajstić information content (AvgIpc) is 2.80. The summed E-state index contributed by atoms with van der Waals surface area (Å²) in [5, 5.41) is 6.92. The Morgan fingerprint density at radius 1 is 1.15 bits per heavy atom. The number of nitrogens with one attached hydrogen (secondary N) is 1. The van der Waals surface area contributed by atoms with Gasteiger partial charge in [0.05, 0.1) is 17.1 Å². The summed E-state index contributed by atoms with van der Waals surface area (Å²) in [7, 11) is 0. The number of benzene rings is 1. The molecule has 2 rings (SSSR count). The van der Waals surface area contributed by atoms with Crippen LogP contribution < -0.4 is 5.32 Å². The van der Waals surface area contributed by atoms with Gasteiger partial charge in [0.25, 0.3) is 5.91 Å². The number of carbonyl (C=O) groups is 1. The highest BCUT2D eigenvalue weighted by atomic mass is 32.1. The third-order valence-corrected chi connectivity index (χ3v) is 4.57. The van der Waals surface area contributed by atoms with Gasteiger partial charge in [-0.05, 0) is 68.4 Å². The summed E-state index contributed by atoms with van der Waals surface area (Å²) in [4.78, 5) is 13.4. The summed E-state index contributed by atoms with van der Waals surface area (Å²) in [6.45, 7) is 10.4. The molecule has 4 nitrogen and oxygen atoms in total. The first kappa shape index (κ1) is 14.7. The van der Waals surface area contributed by atoms with Gasteiger partial charge in [-0.3, -0.25) is 4.79 Å². The SMILES string of the molecule is Cc1cc(C)c(C)c(C(=O)NCc2snnc2C)c1C. The molecule has 106 valence electrons. The van der Waals surface area contributed by atoms with Crippen molar-refractivity contribution in [1.82, 2.24) is 14.9 Å². The summed E-state index contributed by atoms with van der Waals surface area (Å²) in [6, 6.07) is 2.12. The fraction of sp³-hybridized carbons (Fsp3) is 0.400. The van der Waals surface area contributed by atoms with E-state index < -0.39 is 0 Å². The molecular weight excluding hydrogens is 270 g/mol. The van der Waals surface area contributed by atoms with E-state index in [1.54, 1.807) is 0 Å². The predicted octanol–water partition coefficient (Wildman–Crippen LogP) is 3.01. The van der Waals surface area contributed by atoms with Crippen molar-refractivity contribution in [1.29, 1.82) is 0 Å². The summed E-state index contributed by atoms with van der Waals surface area (Å²) in [5.74, 6) is -0.0281. The van der Waals surface area contributed by atoms with Crippen LogP contribution in [-0.4, -0.2) is 15.5 Å². The van der Waals surface area contributed by atoms with Crippen molar-refractivity contribution in [3.05, 3.63) is 44.5 Å². The van der Waals surface area contributed by atoms with Gasteiger partial charge in [-0.2, -0.15) is 0 Å². The normalized spacial score (nSPS) is 10.7. The largest absolute Gasteiger partial charge is 0.347 e. The van der Waals surface area contributed by atoms with Gasteiger partial charge >= 0.3 is 0 Å². The second kappa shape index (κ2) is 5.71. The van der Waals surface area contributed by atoms with E-state index in [1.807, 2.05) is 34.6 Å². The third-order valence-electron chi connectivity index (χ3n) is 3.75. The Morgan fingerprint density at radius 3 is 2.25 bits per heavy atom. The molecule has 5 heteroatoms. The average molecular weight is 289 g/mol. The second-order valence-electron chi connectivity index (χ2n) is 5.10.